The van der Waals surface area contributed by atoms with Crippen LogP contribution in [0.15, 0.2) is 85.2 Å². The Bertz CT molecular complexity index is 1320. The number of hydrogen-bond acceptors (Lipinski definition) is 6. The summed E-state index contributed by atoms with van der Waals surface area (Å²) in [5.74, 6) is 2.64. The first-order chi connectivity index (χ1) is 18.3. The van der Waals surface area contributed by atoms with Gasteiger partial charge in [-0.2, -0.15) is 0 Å². The minimum atomic E-state index is -0.00293. The molecule has 0 saturated carbocycles. The van der Waals surface area contributed by atoms with Crippen molar-refractivity contribution >= 4 is 17.4 Å². The van der Waals surface area contributed by atoms with Gasteiger partial charge in [0.05, 0.1) is 5.92 Å². The summed E-state index contributed by atoms with van der Waals surface area (Å²) in [5, 5.41) is 9.05. The molecular formula is C29H31N7O. The molecule has 4 heterocycles. The summed E-state index contributed by atoms with van der Waals surface area (Å²) in [7, 11) is 0. The maximum atomic E-state index is 13.4. The molecule has 188 valence electrons. The number of anilines is 2. The zero-order valence-electron chi connectivity index (χ0n) is 20.9. The summed E-state index contributed by atoms with van der Waals surface area (Å²) in [6, 6.07) is 24.5. The van der Waals surface area contributed by atoms with E-state index < -0.39 is 0 Å². The number of carbonyl (C=O) groups excluding carboxylic acids is 1. The number of piperidine rings is 1. The van der Waals surface area contributed by atoms with Crippen molar-refractivity contribution < 1.29 is 4.79 Å². The van der Waals surface area contributed by atoms with Crippen LogP contribution in [-0.4, -0.2) is 69.8 Å². The van der Waals surface area contributed by atoms with Crippen LogP contribution < -0.4 is 9.80 Å². The van der Waals surface area contributed by atoms with E-state index in [0.717, 1.165) is 68.6 Å². The minimum Gasteiger partial charge on any atom is -0.368 e. The number of nitrogens with zero attached hydrogens (tertiary/aromatic N) is 7. The molecule has 1 amide bonds. The second kappa shape index (κ2) is 10.4. The summed E-state index contributed by atoms with van der Waals surface area (Å²) < 4.78 is 1.95. The molecule has 37 heavy (non-hydrogen) atoms. The Balaban J connectivity index is 1.10. The van der Waals surface area contributed by atoms with E-state index in [0.29, 0.717) is 6.54 Å². The molecule has 1 unspecified atom stereocenters. The lowest BCUT2D eigenvalue weighted by molar-refractivity contribution is -0.136. The number of carbonyl (C=O) groups is 1. The number of aromatic nitrogens is 4. The van der Waals surface area contributed by atoms with E-state index in [2.05, 4.69) is 49.2 Å². The Hall–Kier alpha value is -4.20. The van der Waals surface area contributed by atoms with Crippen LogP contribution in [0.5, 0.6) is 0 Å². The first kappa shape index (κ1) is 23.2. The SMILES string of the molecule is O=C(C1CCCN(c2ccc(-n3ccnc3-c3ccccc3)nn2)C1)N1CCN(c2ccccc2)CC1. The molecule has 2 aliphatic rings. The Morgan fingerprint density at radius 3 is 2.19 bits per heavy atom. The van der Waals surface area contributed by atoms with Crippen molar-refractivity contribution in [2.45, 2.75) is 12.8 Å². The lowest BCUT2D eigenvalue weighted by atomic mass is 9.96. The number of benzene rings is 2. The fraction of sp³-hybridized carbons (Fsp3) is 0.310. The largest absolute Gasteiger partial charge is 0.368 e. The Morgan fingerprint density at radius 2 is 1.46 bits per heavy atom. The molecule has 6 rings (SSSR count). The molecule has 0 aliphatic carbocycles. The van der Waals surface area contributed by atoms with Crippen molar-refractivity contribution in [1.82, 2.24) is 24.6 Å². The molecule has 4 aromatic rings. The standard InChI is InChI=1S/C29H31N7O/c37-29(34-20-18-33(19-21-34)25-11-5-2-6-12-25)24-10-7-16-35(22-24)26-13-14-27(32-31-26)36-17-15-30-28(36)23-8-3-1-4-9-23/h1-6,8-9,11-15,17,24H,7,10,16,18-22H2. The van der Waals surface area contributed by atoms with Crippen LogP contribution in [-0.2, 0) is 4.79 Å². The van der Waals surface area contributed by atoms with Crippen LogP contribution >= 0.6 is 0 Å². The smallest absolute Gasteiger partial charge is 0.227 e. The van der Waals surface area contributed by atoms with Crippen molar-refractivity contribution in [1.29, 1.82) is 0 Å². The average molecular weight is 494 g/mol. The van der Waals surface area contributed by atoms with Crippen LogP contribution in [0.4, 0.5) is 11.5 Å². The highest BCUT2D eigenvalue weighted by Crippen LogP contribution is 2.25. The van der Waals surface area contributed by atoms with Crippen LogP contribution in [0, 0.1) is 5.92 Å². The predicted octanol–water partition coefficient (Wildman–Crippen LogP) is 3.89. The Morgan fingerprint density at radius 1 is 0.757 bits per heavy atom. The highest BCUT2D eigenvalue weighted by Gasteiger charge is 2.31. The first-order valence-electron chi connectivity index (χ1n) is 13.0. The van der Waals surface area contributed by atoms with E-state index in [-0.39, 0.29) is 11.8 Å². The second-order valence-corrected chi connectivity index (χ2v) is 9.67. The van der Waals surface area contributed by atoms with E-state index in [1.54, 1.807) is 6.20 Å². The van der Waals surface area contributed by atoms with Gasteiger partial charge in [-0.1, -0.05) is 48.5 Å². The summed E-state index contributed by atoms with van der Waals surface area (Å²) >= 11 is 0. The van der Waals surface area contributed by atoms with E-state index >= 15 is 0 Å². The maximum Gasteiger partial charge on any atom is 0.227 e. The molecular weight excluding hydrogens is 462 g/mol. The third-order valence-corrected chi connectivity index (χ3v) is 7.36. The van der Waals surface area contributed by atoms with Crippen molar-refractivity contribution in [3.8, 4) is 17.2 Å². The quantitative estimate of drug-likeness (QED) is 0.420. The summed E-state index contributed by atoms with van der Waals surface area (Å²) in [4.78, 5) is 24.5. The number of amides is 1. The molecule has 2 fully saturated rings. The number of hydrogen-bond donors (Lipinski definition) is 0. The lowest BCUT2D eigenvalue weighted by Gasteiger charge is -2.40. The fourth-order valence-corrected chi connectivity index (χ4v) is 5.37. The normalized spacial score (nSPS) is 18.2. The van der Waals surface area contributed by atoms with Gasteiger partial charge in [0, 0.05) is 62.9 Å². The third kappa shape index (κ3) is 4.91. The zero-order chi connectivity index (χ0) is 25.0. The van der Waals surface area contributed by atoms with Gasteiger partial charge in [0.1, 0.15) is 5.82 Å². The second-order valence-electron chi connectivity index (χ2n) is 9.67. The molecule has 2 aromatic heterocycles. The molecule has 2 saturated heterocycles. The van der Waals surface area contributed by atoms with E-state index in [4.69, 9.17) is 0 Å². The van der Waals surface area contributed by atoms with Crippen LogP contribution in [0.25, 0.3) is 17.2 Å². The zero-order valence-corrected chi connectivity index (χ0v) is 20.9. The number of para-hydroxylation sites is 1. The van der Waals surface area contributed by atoms with Crippen LogP contribution in [0.1, 0.15) is 12.8 Å². The van der Waals surface area contributed by atoms with Crippen molar-refractivity contribution in [2.24, 2.45) is 5.92 Å². The van der Waals surface area contributed by atoms with E-state index in [1.807, 2.05) is 64.2 Å². The predicted molar refractivity (Wildman–Crippen MR) is 145 cm³/mol. The highest BCUT2D eigenvalue weighted by molar-refractivity contribution is 5.80. The van der Waals surface area contributed by atoms with Gasteiger partial charge >= 0.3 is 0 Å². The van der Waals surface area contributed by atoms with E-state index in [9.17, 15) is 4.79 Å². The van der Waals surface area contributed by atoms with Gasteiger partial charge in [-0.3, -0.25) is 9.36 Å². The first-order valence-corrected chi connectivity index (χ1v) is 13.0. The van der Waals surface area contributed by atoms with Gasteiger partial charge in [-0.25, -0.2) is 4.98 Å². The fourth-order valence-electron chi connectivity index (χ4n) is 5.37. The highest BCUT2D eigenvalue weighted by atomic mass is 16.2. The molecule has 0 spiro atoms. The molecule has 0 bridgehead atoms. The van der Waals surface area contributed by atoms with Crippen LogP contribution in [0.3, 0.4) is 0 Å². The summed E-state index contributed by atoms with van der Waals surface area (Å²) in [6.07, 6.45) is 5.58. The van der Waals surface area contributed by atoms with E-state index in [1.165, 1.54) is 5.69 Å². The monoisotopic (exact) mass is 493 g/mol. The number of rotatable bonds is 5. The van der Waals surface area contributed by atoms with Gasteiger partial charge in [0.15, 0.2) is 11.6 Å². The Labute approximate surface area is 217 Å². The third-order valence-electron chi connectivity index (χ3n) is 7.36. The van der Waals surface area contributed by atoms with Crippen LogP contribution in [0.2, 0.25) is 0 Å². The van der Waals surface area contributed by atoms with Gasteiger partial charge < -0.3 is 14.7 Å². The summed E-state index contributed by atoms with van der Waals surface area (Å²) in [6.45, 7) is 4.86. The minimum absolute atomic E-state index is 0.00293. The number of imidazole rings is 1. The van der Waals surface area contributed by atoms with Gasteiger partial charge in [0.2, 0.25) is 5.91 Å². The summed E-state index contributed by atoms with van der Waals surface area (Å²) in [5.41, 5.74) is 2.26. The van der Waals surface area contributed by atoms with Crippen molar-refractivity contribution in [3.05, 3.63) is 85.2 Å². The lowest BCUT2D eigenvalue weighted by Crippen LogP contribution is -2.52. The maximum absolute atomic E-state index is 13.4. The van der Waals surface area contributed by atoms with Gasteiger partial charge in [-0.15, -0.1) is 10.2 Å². The topological polar surface area (TPSA) is 70.4 Å². The molecule has 8 heteroatoms. The molecule has 8 nitrogen and oxygen atoms in total. The molecule has 1 atom stereocenters. The number of piperazine rings is 1. The Kier molecular flexibility index (Phi) is 6.54. The molecule has 2 aromatic carbocycles. The van der Waals surface area contributed by atoms with Gasteiger partial charge in [0.25, 0.3) is 0 Å². The van der Waals surface area contributed by atoms with Gasteiger partial charge in [-0.05, 0) is 37.1 Å². The molecule has 0 radical (unpaired) electrons. The van der Waals surface area contributed by atoms with Crippen molar-refractivity contribution in [2.75, 3.05) is 49.1 Å². The van der Waals surface area contributed by atoms with Crippen molar-refractivity contribution in [3.63, 3.8) is 0 Å². The molecule has 2 aliphatic heterocycles. The average Bonchev–Trinajstić information content (AvgIpc) is 3.48. The molecule has 0 N–H and O–H groups in total.